The Morgan fingerprint density at radius 1 is 0.839 bits per heavy atom. The van der Waals surface area contributed by atoms with Crippen molar-refractivity contribution < 1.29 is 9.53 Å². The standard InChI is InChI=1S/C28H44O2Si/c1-8-9-15-25-20-26(17-18-27(25)29)28(19-16-24-13-11-10-12-14-24)30-31(21(2)3,22(4)5)23(6)7/h10-14,17-18,20-23,28-29H,8-9,15-16,19H2,1-7H3. The van der Waals surface area contributed by atoms with E-state index < -0.39 is 8.32 Å². The molecule has 2 aromatic carbocycles. The molecule has 0 heterocycles. The normalized spacial score (nSPS) is 13.4. The van der Waals surface area contributed by atoms with Gasteiger partial charge in [-0.25, -0.2) is 0 Å². The van der Waals surface area contributed by atoms with Crippen molar-refractivity contribution in [1.29, 1.82) is 0 Å². The molecule has 0 spiro atoms. The molecule has 0 bridgehead atoms. The van der Waals surface area contributed by atoms with Crippen LogP contribution in [0.2, 0.25) is 16.6 Å². The molecule has 172 valence electrons. The van der Waals surface area contributed by atoms with Crippen LogP contribution >= 0.6 is 0 Å². The van der Waals surface area contributed by atoms with E-state index >= 15 is 0 Å². The average molecular weight is 441 g/mol. The summed E-state index contributed by atoms with van der Waals surface area (Å²) in [6, 6.07) is 16.9. The number of aromatic hydroxyl groups is 1. The first-order valence-electron chi connectivity index (χ1n) is 12.3. The maximum absolute atomic E-state index is 10.4. The minimum Gasteiger partial charge on any atom is -0.508 e. The summed E-state index contributed by atoms with van der Waals surface area (Å²) < 4.78 is 7.29. The van der Waals surface area contributed by atoms with Crippen molar-refractivity contribution in [3.63, 3.8) is 0 Å². The molecule has 3 heteroatoms. The third kappa shape index (κ3) is 6.46. The molecule has 2 aromatic rings. The fourth-order valence-corrected chi connectivity index (χ4v) is 10.8. The third-order valence-electron chi connectivity index (χ3n) is 6.87. The molecule has 1 unspecified atom stereocenters. The second-order valence-corrected chi connectivity index (χ2v) is 15.3. The molecular formula is C28H44O2Si. The highest BCUT2D eigenvalue weighted by Crippen LogP contribution is 2.46. The largest absolute Gasteiger partial charge is 0.508 e. The van der Waals surface area contributed by atoms with E-state index in [4.69, 9.17) is 4.43 Å². The van der Waals surface area contributed by atoms with Crippen molar-refractivity contribution in [2.45, 2.75) is 103 Å². The fraction of sp³-hybridized carbons (Fsp3) is 0.571. The van der Waals surface area contributed by atoms with E-state index in [0.717, 1.165) is 37.7 Å². The number of aryl methyl sites for hydroxylation is 2. The van der Waals surface area contributed by atoms with Crippen molar-refractivity contribution >= 4 is 8.32 Å². The van der Waals surface area contributed by atoms with Crippen LogP contribution in [0.4, 0.5) is 0 Å². The number of hydrogen-bond acceptors (Lipinski definition) is 2. The first kappa shape index (κ1) is 25.7. The molecule has 0 radical (unpaired) electrons. The van der Waals surface area contributed by atoms with Crippen LogP contribution in [0.3, 0.4) is 0 Å². The van der Waals surface area contributed by atoms with E-state index in [2.05, 4.69) is 90.9 Å². The summed E-state index contributed by atoms with van der Waals surface area (Å²) in [5.41, 5.74) is 5.26. The number of phenols is 1. The van der Waals surface area contributed by atoms with Crippen LogP contribution in [-0.4, -0.2) is 13.4 Å². The molecular weight excluding hydrogens is 396 g/mol. The van der Waals surface area contributed by atoms with Crippen molar-refractivity contribution in [3.8, 4) is 5.75 Å². The second kappa shape index (κ2) is 11.9. The smallest absolute Gasteiger partial charge is 0.201 e. The van der Waals surface area contributed by atoms with Gasteiger partial charge in [-0.05, 0) is 71.1 Å². The minimum absolute atomic E-state index is 0.0556. The highest BCUT2D eigenvalue weighted by molar-refractivity contribution is 6.77. The van der Waals surface area contributed by atoms with Gasteiger partial charge in [0.25, 0.3) is 0 Å². The van der Waals surface area contributed by atoms with Gasteiger partial charge in [-0.2, -0.15) is 0 Å². The topological polar surface area (TPSA) is 29.5 Å². The molecule has 0 saturated heterocycles. The molecule has 1 atom stereocenters. The lowest BCUT2D eigenvalue weighted by atomic mass is 9.97. The van der Waals surface area contributed by atoms with Gasteiger partial charge in [-0.15, -0.1) is 0 Å². The third-order valence-corrected chi connectivity index (χ3v) is 13.0. The maximum atomic E-state index is 10.4. The SMILES string of the molecule is CCCCc1cc(C(CCc2ccccc2)O[Si](C(C)C)(C(C)C)C(C)C)ccc1O. The number of benzene rings is 2. The Morgan fingerprint density at radius 2 is 1.45 bits per heavy atom. The Morgan fingerprint density at radius 3 is 2.00 bits per heavy atom. The molecule has 0 saturated carbocycles. The van der Waals surface area contributed by atoms with Gasteiger partial charge in [0.15, 0.2) is 0 Å². The Hall–Kier alpha value is -1.58. The summed E-state index contributed by atoms with van der Waals surface area (Å²) in [6.45, 7) is 16.3. The number of rotatable bonds is 12. The van der Waals surface area contributed by atoms with Crippen molar-refractivity contribution in [1.82, 2.24) is 0 Å². The zero-order valence-electron chi connectivity index (χ0n) is 20.8. The quantitative estimate of drug-likeness (QED) is 0.335. The highest BCUT2D eigenvalue weighted by Gasteiger charge is 2.46. The van der Waals surface area contributed by atoms with Gasteiger partial charge in [-0.3, -0.25) is 0 Å². The Kier molecular flexibility index (Phi) is 9.83. The van der Waals surface area contributed by atoms with Gasteiger partial charge in [0.2, 0.25) is 8.32 Å². The zero-order chi connectivity index (χ0) is 23.0. The van der Waals surface area contributed by atoms with E-state index in [0.29, 0.717) is 22.4 Å². The van der Waals surface area contributed by atoms with E-state index in [9.17, 15) is 5.11 Å². The van der Waals surface area contributed by atoms with Gasteiger partial charge < -0.3 is 9.53 Å². The van der Waals surface area contributed by atoms with Crippen LogP contribution in [0.25, 0.3) is 0 Å². The molecule has 0 aromatic heterocycles. The van der Waals surface area contributed by atoms with Crippen LogP contribution in [0.15, 0.2) is 48.5 Å². The summed E-state index contributed by atoms with van der Waals surface area (Å²) in [7, 11) is -2.03. The first-order chi connectivity index (χ1) is 14.7. The molecule has 31 heavy (non-hydrogen) atoms. The van der Waals surface area contributed by atoms with Gasteiger partial charge in [-0.1, -0.05) is 91.3 Å². The summed E-state index contributed by atoms with van der Waals surface area (Å²) in [4.78, 5) is 0. The van der Waals surface area contributed by atoms with Crippen molar-refractivity contribution in [3.05, 3.63) is 65.2 Å². The fourth-order valence-electron chi connectivity index (χ4n) is 5.26. The van der Waals surface area contributed by atoms with Crippen LogP contribution in [0.5, 0.6) is 5.75 Å². The van der Waals surface area contributed by atoms with Crippen LogP contribution in [-0.2, 0) is 17.3 Å². The molecule has 2 rings (SSSR count). The monoisotopic (exact) mass is 440 g/mol. The predicted octanol–water partition coefficient (Wildman–Crippen LogP) is 8.60. The lowest BCUT2D eigenvalue weighted by Gasteiger charge is -2.45. The maximum Gasteiger partial charge on any atom is 0.201 e. The molecule has 0 amide bonds. The van der Waals surface area contributed by atoms with Gasteiger partial charge in [0, 0.05) is 0 Å². The summed E-state index contributed by atoms with van der Waals surface area (Å²) >= 11 is 0. The lowest BCUT2D eigenvalue weighted by Crippen LogP contribution is -2.48. The zero-order valence-corrected chi connectivity index (χ0v) is 21.8. The van der Waals surface area contributed by atoms with E-state index in [-0.39, 0.29) is 6.10 Å². The van der Waals surface area contributed by atoms with Crippen LogP contribution in [0.1, 0.15) is 90.5 Å². The van der Waals surface area contributed by atoms with E-state index in [1.807, 2.05) is 6.07 Å². The summed E-state index contributed by atoms with van der Waals surface area (Å²) in [6.07, 6.45) is 5.15. The Balaban J connectivity index is 2.42. The van der Waals surface area contributed by atoms with Gasteiger partial charge in [0.1, 0.15) is 5.75 Å². The van der Waals surface area contributed by atoms with Crippen molar-refractivity contribution in [2.24, 2.45) is 0 Å². The highest BCUT2D eigenvalue weighted by atomic mass is 28.4. The van der Waals surface area contributed by atoms with E-state index in [1.54, 1.807) is 0 Å². The minimum atomic E-state index is -2.03. The first-order valence-corrected chi connectivity index (χ1v) is 14.4. The molecule has 0 fully saturated rings. The Bertz CT molecular complexity index is 761. The summed E-state index contributed by atoms with van der Waals surface area (Å²) in [5, 5.41) is 10.4. The summed E-state index contributed by atoms with van der Waals surface area (Å²) in [5.74, 6) is 0.416. The molecule has 2 nitrogen and oxygen atoms in total. The van der Waals surface area contributed by atoms with Crippen molar-refractivity contribution in [2.75, 3.05) is 0 Å². The van der Waals surface area contributed by atoms with Gasteiger partial charge in [0.05, 0.1) is 6.10 Å². The molecule has 0 aliphatic rings. The molecule has 0 aliphatic heterocycles. The number of phenolic OH excluding ortho intramolecular Hbond substituents is 1. The van der Waals surface area contributed by atoms with Gasteiger partial charge >= 0.3 is 0 Å². The average Bonchev–Trinajstić information content (AvgIpc) is 2.73. The van der Waals surface area contributed by atoms with Crippen LogP contribution in [0, 0.1) is 0 Å². The van der Waals surface area contributed by atoms with E-state index in [1.165, 1.54) is 11.1 Å². The predicted molar refractivity (Wildman–Crippen MR) is 136 cm³/mol. The molecule has 1 N–H and O–H groups in total. The molecule has 0 aliphatic carbocycles. The van der Waals surface area contributed by atoms with Crippen LogP contribution < -0.4 is 0 Å². The number of hydrogen-bond donors (Lipinski definition) is 1. The second-order valence-electron chi connectivity index (χ2n) is 9.94. The lowest BCUT2D eigenvalue weighted by molar-refractivity contribution is 0.166. The Labute approximate surface area is 192 Å². The number of unbranched alkanes of at least 4 members (excludes halogenated alkanes) is 1.